The summed E-state index contributed by atoms with van der Waals surface area (Å²) in [7, 11) is 2.18. The molecule has 92 valence electrons. The predicted octanol–water partition coefficient (Wildman–Crippen LogP) is 3.06. The van der Waals surface area contributed by atoms with Crippen LogP contribution in [-0.2, 0) is 0 Å². The van der Waals surface area contributed by atoms with Crippen LogP contribution in [-0.4, -0.2) is 30.2 Å². The van der Waals surface area contributed by atoms with Gasteiger partial charge in [-0.15, -0.1) is 12.4 Å². The van der Waals surface area contributed by atoms with Gasteiger partial charge in [0.05, 0.1) is 5.69 Å². The zero-order valence-corrected chi connectivity index (χ0v) is 10.7. The average Bonchev–Trinajstić information content (AvgIpc) is 2.74. The fourth-order valence-electron chi connectivity index (χ4n) is 2.48. The van der Waals surface area contributed by atoms with E-state index in [1.165, 1.54) is 18.2 Å². The van der Waals surface area contributed by atoms with Gasteiger partial charge in [0.1, 0.15) is 0 Å². The van der Waals surface area contributed by atoms with Gasteiger partial charge >= 0.3 is 0 Å². The normalized spacial score (nSPS) is 18.2. The topological polar surface area (TPSA) is 29.3 Å². The summed E-state index contributed by atoms with van der Waals surface area (Å²) in [6, 6.07) is 8.14. The molecule has 17 heavy (non-hydrogen) atoms. The van der Waals surface area contributed by atoms with E-state index in [-0.39, 0.29) is 12.4 Å². The molecular weight excluding hydrogens is 236 g/mol. The number of nitrogens with zero attached hydrogens (tertiary/aromatic N) is 2. The minimum Gasteiger partial charge on any atom is -0.356 e. The van der Waals surface area contributed by atoms with E-state index in [9.17, 15) is 0 Å². The predicted molar refractivity (Wildman–Crippen MR) is 70.7 cm³/mol. The smallest absolute Gasteiger partial charge is 0.167 e. The number of piperidine rings is 1. The number of hydrogen-bond acceptors (Lipinski definition) is 3. The molecule has 0 amide bonds. The third-order valence-electron chi connectivity index (χ3n) is 3.51. The molecule has 1 fully saturated rings. The molecule has 1 aliphatic rings. The molecular formula is C13H17ClN2O. The summed E-state index contributed by atoms with van der Waals surface area (Å²) in [6.45, 7) is 2.32. The SMILES string of the molecule is CN1CCC(c2noc3ccccc23)CC1.Cl. The summed E-state index contributed by atoms with van der Waals surface area (Å²) in [4.78, 5) is 2.37. The maximum Gasteiger partial charge on any atom is 0.167 e. The van der Waals surface area contributed by atoms with Gasteiger partial charge in [-0.05, 0) is 45.1 Å². The lowest BCUT2D eigenvalue weighted by Crippen LogP contribution is -2.29. The summed E-state index contributed by atoms with van der Waals surface area (Å²) in [5, 5.41) is 5.44. The van der Waals surface area contributed by atoms with Crippen molar-refractivity contribution in [2.45, 2.75) is 18.8 Å². The Morgan fingerprint density at radius 2 is 1.94 bits per heavy atom. The van der Waals surface area contributed by atoms with E-state index in [2.05, 4.69) is 29.2 Å². The quantitative estimate of drug-likeness (QED) is 0.781. The zero-order chi connectivity index (χ0) is 11.0. The van der Waals surface area contributed by atoms with E-state index in [0.29, 0.717) is 5.92 Å². The van der Waals surface area contributed by atoms with Crippen molar-refractivity contribution in [3.05, 3.63) is 30.0 Å². The molecule has 2 aromatic rings. The Kier molecular flexibility index (Phi) is 3.69. The molecule has 3 rings (SSSR count). The minimum atomic E-state index is 0. The van der Waals surface area contributed by atoms with Crippen LogP contribution in [0.2, 0.25) is 0 Å². The van der Waals surface area contributed by atoms with Crippen molar-refractivity contribution in [3.63, 3.8) is 0 Å². The number of aromatic nitrogens is 1. The lowest BCUT2D eigenvalue weighted by Gasteiger charge is -2.27. The first-order valence-corrected chi connectivity index (χ1v) is 5.87. The number of fused-ring (bicyclic) bond motifs is 1. The lowest BCUT2D eigenvalue weighted by atomic mass is 9.92. The summed E-state index contributed by atoms with van der Waals surface area (Å²) >= 11 is 0. The molecule has 0 saturated carbocycles. The largest absolute Gasteiger partial charge is 0.356 e. The molecule has 0 atom stereocenters. The number of likely N-dealkylation sites (tertiary alicyclic amines) is 1. The number of hydrogen-bond donors (Lipinski definition) is 0. The highest BCUT2D eigenvalue weighted by atomic mass is 35.5. The monoisotopic (exact) mass is 252 g/mol. The van der Waals surface area contributed by atoms with Crippen LogP contribution in [0.1, 0.15) is 24.5 Å². The van der Waals surface area contributed by atoms with Gasteiger partial charge in [-0.25, -0.2) is 0 Å². The van der Waals surface area contributed by atoms with Gasteiger partial charge in [0, 0.05) is 11.3 Å². The average molecular weight is 253 g/mol. The fraction of sp³-hybridized carbons (Fsp3) is 0.462. The van der Waals surface area contributed by atoms with Crippen molar-refractivity contribution in [2.75, 3.05) is 20.1 Å². The van der Waals surface area contributed by atoms with Crippen molar-refractivity contribution in [1.82, 2.24) is 10.1 Å². The minimum absolute atomic E-state index is 0. The first kappa shape index (κ1) is 12.4. The fourth-order valence-corrected chi connectivity index (χ4v) is 2.48. The second kappa shape index (κ2) is 5.07. The summed E-state index contributed by atoms with van der Waals surface area (Å²) in [5.74, 6) is 0.569. The summed E-state index contributed by atoms with van der Waals surface area (Å²) in [6.07, 6.45) is 2.38. The number of para-hydroxylation sites is 1. The van der Waals surface area contributed by atoms with Gasteiger partial charge in [-0.2, -0.15) is 0 Å². The highest BCUT2D eigenvalue weighted by Crippen LogP contribution is 2.31. The highest BCUT2D eigenvalue weighted by Gasteiger charge is 2.23. The van der Waals surface area contributed by atoms with Crippen LogP contribution < -0.4 is 0 Å². The Balaban J connectivity index is 0.00000108. The van der Waals surface area contributed by atoms with Crippen LogP contribution in [0.4, 0.5) is 0 Å². The Hall–Kier alpha value is -1.06. The molecule has 0 unspecified atom stereocenters. The number of benzene rings is 1. The Morgan fingerprint density at radius 3 is 2.71 bits per heavy atom. The molecule has 0 bridgehead atoms. The van der Waals surface area contributed by atoms with E-state index in [4.69, 9.17) is 4.52 Å². The molecule has 1 aromatic carbocycles. The molecule has 3 nitrogen and oxygen atoms in total. The van der Waals surface area contributed by atoms with Gasteiger partial charge in [0.25, 0.3) is 0 Å². The molecule has 2 heterocycles. The maximum atomic E-state index is 5.37. The van der Waals surface area contributed by atoms with Crippen LogP contribution in [0.15, 0.2) is 28.8 Å². The van der Waals surface area contributed by atoms with Crippen LogP contribution in [0.25, 0.3) is 11.0 Å². The van der Waals surface area contributed by atoms with Crippen molar-refractivity contribution in [1.29, 1.82) is 0 Å². The molecule has 0 spiro atoms. The molecule has 4 heteroatoms. The third-order valence-corrected chi connectivity index (χ3v) is 3.51. The van der Waals surface area contributed by atoms with E-state index in [1.807, 2.05) is 12.1 Å². The third kappa shape index (κ3) is 2.31. The second-order valence-electron chi connectivity index (χ2n) is 4.64. The van der Waals surface area contributed by atoms with Crippen molar-refractivity contribution >= 4 is 23.4 Å². The van der Waals surface area contributed by atoms with Crippen LogP contribution in [0.5, 0.6) is 0 Å². The molecule has 0 aliphatic carbocycles. The summed E-state index contributed by atoms with van der Waals surface area (Å²) < 4.78 is 5.37. The van der Waals surface area contributed by atoms with E-state index in [1.54, 1.807) is 0 Å². The van der Waals surface area contributed by atoms with E-state index < -0.39 is 0 Å². The number of halogens is 1. The summed E-state index contributed by atoms with van der Waals surface area (Å²) in [5.41, 5.74) is 2.07. The Bertz CT molecular complexity index is 489. The Morgan fingerprint density at radius 1 is 1.24 bits per heavy atom. The van der Waals surface area contributed by atoms with E-state index in [0.717, 1.165) is 24.4 Å². The lowest BCUT2D eigenvalue weighted by molar-refractivity contribution is 0.250. The van der Waals surface area contributed by atoms with Crippen LogP contribution >= 0.6 is 12.4 Å². The molecule has 1 aliphatic heterocycles. The van der Waals surface area contributed by atoms with Crippen molar-refractivity contribution in [2.24, 2.45) is 0 Å². The maximum absolute atomic E-state index is 5.37. The molecule has 1 aromatic heterocycles. The molecule has 0 radical (unpaired) electrons. The Labute approximate surface area is 107 Å². The number of rotatable bonds is 1. The van der Waals surface area contributed by atoms with Gasteiger partial charge < -0.3 is 9.42 Å². The van der Waals surface area contributed by atoms with E-state index >= 15 is 0 Å². The van der Waals surface area contributed by atoms with Crippen molar-refractivity contribution in [3.8, 4) is 0 Å². The first-order valence-electron chi connectivity index (χ1n) is 5.87. The first-order chi connectivity index (χ1) is 7.84. The van der Waals surface area contributed by atoms with Gasteiger partial charge in [-0.3, -0.25) is 0 Å². The van der Waals surface area contributed by atoms with Crippen molar-refractivity contribution < 1.29 is 4.52 Å². The highest BCUT2D eigenvalue weighted by molar-refractivity contribution is 5.85. The second-order valence-corrected chi connectivity index (χ2v) is 4.64. The molecule has 0 N–H and O–H groups in total. The van der Waals surface area contributed by atoms with Crippen LogP contribution in [0.3, 0.4) is 0 Å². The zero-order valence-electron chi connectivity index (χ0n) is 9.93. The van der Waals surface area contributed by atoms with Crippen LogP contribution in [0, 0.1) is 0 Å². The van der Waals surface area contributed by atoms with Gasteiger partial charge in [0.15, 0.2) is 5.58 Å². The standard InChI is InChI=1S/C13H16N2O.ClH/c1-15-8-6-10(7-9-15)13-11-4-2-3-5-12(11)16-14-13;/h2-5,10H,6-9H2,1H3;1H. The van der Waals surface area contributed by atoms with Gasteiger partial charge in [-0.1, -0.05) is 17.3 Å². The molecule has 1 saturated heterocycles. The van der Waals surface area contributed by atoms with Gasteiger partial charge in [0.2, 0.25) is 0 Å².